The minimum Gasteiger partial charge on any atom is -0.309 e. The highest BCUT2D eigenvalue weighted by atomic mass is 15.0. The van der Waals surface area contributed by atoms with Crippen molar-refractivity contribution in [3.63, 3.8) is 0 Å². The molecule has 0 spiro atoms. The largest absolute Gasteiger partial charge is 0.309 e. The number of aromatic nitrogens is 6. The van der Waals surface area contributed by atoms with E-state index in [-0.39, 0.29) is 0 Å². The Labute approximate surface area is 374 Å². The fourth-order valence-electron chi connectivity index (χ4n) is 10.0. The first-order valence-electron chi connectivity index (χ1n) is 21.9. The molecule has 0 radical (unpaired) electrons. The number of nitrogens with zero attached hydrogens (tertiary/aromatic N) is 6. The summed E-state index contributed by atoms with van der Waals surface area (Å²) in [5.74, 6) is 1.77. The maximum absolute atomic E-state index is 5.32. The molecule has 0 unspecified atom stereocenters. The van der Waals surface area contributed by atoms with Gasteiger partial charge in [-0.3, -0.25) is 0 Å². The highest BCUT2D eigenvalue weighted by Crippen LogP contribution is 2.38. The zero-order valence-electron chi connectivity index (χ0n) is 35.2. The second-order valence-electron chi connectivity index (χ2n) is 16.5. The van der Waals surface area contributed by atoms with Gasteiger partial charge in [0.25, 0.3) is 0 Å². The van der Waals surface area contributed by atoms with Crippen LogP contribution in [0.25, 0.3) is 123 Å². The Kier molecular flexibility index (Phi) is 8.26. The molecule has 0 atom stereocenters. The van der Waals surface area contributed by atoms with Gasteiger partial charge in [-0.05, 0) is 78.4 Å². The summed E-state index contributed by atoms with van der Waals surface area (Å²) in [5, 5.41) is 7.21. The lowest BCUT2D eigenvalue weighted by molar-refractivity contribution is 1.07. The smallest absolute Gasteiger partial charge is 0.164 e. The molecule has 9 aromatic carbocycles. The highest BCUT2D eigenvalue weighted by molar-refractivity contribution is 6.13. The lowest BCUT2D eigenvalue weighted by atomic mass is 10.1. The molecule has 6 nitrogen and oxygen atoms in total. The Morgan fingerprint density at radius 2 is 0.615 bits per heavy atom. The van der Waals surface area contributed by atoms with Crippen LogP contribution in [0.5, 0.6) is 0 Å². The van der Waals surface area contributed by atoms with Crippen molar-refractivity contribution in [3.05, 3.63) is 224 Å². The molecule has 0 bridgehead atoms. The second kappa shape index (κ2) is 14.6. The Morgan fingerprint density at radius 1 is 0.308 bits per heavy atom. The number of hydrogen-bond acceptors (Lipinski definition) is 3. The molecule has 0 saturated heterocycles. The van der Waals surface area contributed by atoms with Crippen molar-refractivity contribution in [1.82, 2.24) is 28.7 Å². The van der Waals surface area contributed by atoms with Crippen LogP contribution in [0.4, 0.5) is 0 Å². The topological polar surface area (TPSA) is 53.5 Å². The fourth-order valence-corrected chi connectivity index (χ4v) is 10.0. The van der Waals surface area contributed by atoms with Gasteiger partial charge in [0.15, 0.2) is 17.5 Å². The van der Waals surface area contributed by atoms with E-state index in [2.05, 4.69) is 233 Å². The summed E-state index contributed by atoms with van der Waals surface area (Å²) in [6.45, 7) is 4.15. The van der Waals surface area contributed by atoms with Crippen LogP contribution in [-0.2, 0) is 0 Å². The van der Waals surface area contributed by atoms with Crippen LogP contribution in [0.15, 0.2) is 219 Å². The Morgan fingerprint density at radius 3 is 1.00 bits per heavy atom. The van der Waals surface area contributed by atoms with Crippen LogP contribution in [0.1, 0.15) is 5.56 Å². The van der Waals surface area contributed by atoms with E-state index < -0.39 is 0 Å². The molecule has 0 aliphatic rings. The second-order valence-corrected chi connectivity index (χ2v) is 16.5. The lowest BCUT2D eigenvalue weighted by Crippen LogP contribution is -2.02. The van der Waals surface area contributed by atoms with E-state index in [9.17, 15) is 0 Å². The van der Waals surface area contributed by atoms with Gasteiger partial charge in [-0.15, -0.1) is 0 Å². The molecule has 0 saturated carbocycles. The summed E-state index contributed by atoms with van der Waals surface area (Å²) in [7, 11) is 0. The zero-order valence-corrected chi connectivity index (χ0v) is 35.2. The van der Waals surface area contributed by atoms with Crippen molar-refractivity contribution in [2.75, 3.05) is 0 Å². The molecule has 6 heteroatoms. The third-order valence-electron chi connectivity index (χ3n) is 12.8. The normalized spacial score (nSPS) is 11.8. The van der Waals surface area contributed by atoms with E-state index in [1.165, 1.54) is 32.3 Å². The molecule has 13 rings (SSSR count). The summed E-state index contributed by atoms with van der Waals surface area (Å²) in [5.41, 5.74) is 13.7. The average Bonchev–Trinajstić information content (AvgIpc) is 4.02. The summed E-state index contributed by atoms with van der Waals surface area (Å²) >= 11 is 0. The summed E-state index contributed by atoms with van der Waals surface area (Å²) in [4.78, 5) is 15.9. The summed E-state index contributed by atoms with van der Waals surface area (Å²) in [6, 6.07) is 75.0. The van der Waals surface area contributed by atoms with Crippen LogP contribution < -0.4 is 0 Å². The third-order valence-corrected chi connectivity index (χ3v) is 12.8. The van der Waals surface area contributed by atoms with Gasteiger partial charge in [0.2, 0.25) is 0 Å². The summed E-state index contributed by atoms with van der Waals surface area (Å²) < 4.78 is 6.99. The third kappa shape index (κ3) is 5.78. The van der Waals surface area contributed by atoms with E-state index in [1.54, 1.807) is 0 Å². The molecular formula is C59H38N6. The average molecular weight is 831 g/mol. The molecule has 304 valence electrons. The van der Waals surface area contributed by atoms with Crippen molar-refractivity contribution >= 4 is 71.5 Å². The molecular weight excluding hydrogens is 793 g/mol. The molecule has 0 aliphatic carbocycles. The Hall–Kier alpha value is -8.87. The van der Waals surface area contributed by atoms with Crippen molar-refractivity contribution in [1.29, 1.82) is 0 Å². The molecule has 0 N–H and O–H groups in total. The lowest BCUT2D eigenvalue weighted by Gasteiger charge is -2.13. The molecule has 0 fully saturated rings. The SMILES string of the molecule is C=Cc1cccc2c1c1ccccc1n2-c1cccc(-c2nc(-c3cccc(-n4c5ccccc5c5ccccc54)c3)nc(-c3cccc(-n4c5ccccc5c5ccccc54)c3)n2)c1. The van der Waals surface area contributed by atoms with Gasteiger partial charge < -0.3 is 13.7 Å². The van der Waals surface area contributed by atoms with Crippen LogP contribution in [0.2, 0.25) is 0 Å². The van der Waals surface area contributed by atoms with Crippen molar-refractivity contribution in [2.45, 2.75) is 0 Å². The van der Waals surface area contributed by atoms with Gasteiger partial charge >= 0.3 is 0 Å². The van der Waals surface area contributed by atoms with Crippen molar-refractivity contribution < 1.29 is 0 Å². The standard InChI is InChI=1S/C59H38N6/c1-2-38-17-16-34-55-56(38)49-28-7-12-33-54(49)65(55)44-23-15-20-41(37-44)59-61-57(39-18-13-21-42(35-39)63-50-29-8-3-24-45(50)46-25-4-9-30-51(46)63)60-58(62-59)40-19-14-22-43(36-40)64-52-31-10-5-26-47(52)48-27-6-11-32-53(48)64/h2-37H,1H2. The van der Waals surface area contributed by atoms with Gasteiger partial charge in [-0.25, -0.2) is 15.0 Å². The first kappa shape index (κ1) is 36.8. The van der Waals surface area contributed by atoms with Gasteiger partial charge in [-0.2, -0.15) is 0 Å². The molecule has 13 aromatic rings. The minimum atomic E-state index is 0.587. The zero-order chi connectivity index (χ0) is 43.0. The maximum atomic E-state index is 5.32. The van der Waals surface area contributed by atoms with Crippen molar-refractivity contribution in [2.24, 2.45) is 0 Å². The van der Waals surface area contributed by atoms with Gasteiger partial charge in [-0.1, -0.05) is 152 Å². The molecule has 0 amide bonds. The Balaban J connectivity index is 1.02. The van der Waals surface area contributed by atoms with E-state index in [0.717, 1.165) is 72.4 Å². The van der Waals surface area contributed by atoms with Crippen LogP contribution >= 0.6 is 0 Å². The number of rotatable bonds is 7. The summed E-state index contributed by atoms with van der Waals surface area (Å²) in [6.07, 6.45) is 1.94. The number of fused-ring (bicyclic) bond motifs is 9. The monoisotopic (exact) mass is 830 g/mol. The minimum absolute atomic E-state index is 0.587. The van der Waals surface area contributed by atoms with Crippen LogP contribution in [0, 0.1) is 0 Å². The Bertz CT molecular complexity index is 3770. The quantitative estimate of drug-likeness (QED) is 0.161. The van der Waals surface area contributed by atoms with E-state index in [0.29, 0.717) is 17.5 Å². The highest BCUT2D eigenvalue weighted by Gasteiger charge is 2.19. The molecule has 4 heterocycles. The van der Waals surface area contributed by atoms with Gasteiger partial charge in [0.05, 0.1) is 33.1 Å². The maximum Gasteiger partial charge on any atom is 0.164 e. The van der Waals surface area contributed by atoms with Crippen LogP contribution in [-0.4, -0.2) is 28.7 Å². The predicted molar refractivity (Wildman–Crippen MR) is 269 cm³/mol. The first-order valence-corrected chi connectivity index (χ1v) is 21.9. The van der Waals surface area contributed by atoms with Gasteiger partial charge in [0, 0.05) is 66.1 Å². The molecule has 65 heavy (non-hydrogen) atoms. The molecule has 0 aliphatic heterocycles. The van der Waals surface area contributed by atoms with Gasteiger partial charge in [0.1, 0.15) is 0 Å². The van der Waals surface area contributed by atoms with E-state index in [1.807, 2.05) is 6.08 Å². The van der Waals surface area contributed by atoms with E-state index in [4.69, 9.17) is 15.0 Å². The number of benzene rings is 9. The molecule has 4 aromatic heterocycles. The van der Waals surface area contributed by atoms with Crippen molar-refractivity contribution in [3.8, 4) is 51.2 Å². The predicted octanol–water partition coefficient (Wildman–Crippen LogP) is 14.8. The first-order chi connectivity index (χ1) is 32.2. The number of para-hydroxylation sites is 5. The fraction of sp³-hybridized carbons (Fsp3) is 0. The number of hydrogen-bond donors (Lipinski definition) is 0. The van der Waals surface area contributed by atoms with Crippen LogP contribution in [0.3, 0.4) is 0 Å². The van der Waals surface area contributed by atoms with E-state index >= 15 is 0 Å².